The molecule has 1 aromatic rings. The zero-order chi connectivity index (χ0) is 12.8. The molecule has 4 nitrogen and oxygen atoms in total. The molecule has 0 radical (unpaired) electrons. The van der Waals surface area contributed by atoms with E-state index < -0.39 is 17.6 Å². The lowest BCUT2D eigenvalue weighted by molar-refractivity contribution is -0.121. The van der Waals surface area contributed by atoms with Crippen molar-refractivity contribution in [1.82, 2.24) is 5.32 Å². The van der Waals surface area contributed by atoms with E-state index in [2.05, 4.69) is 10.1 Å². The lowest BCUT2D eigenvalue weighted by Gasteiger charge is -2.05. The third-order valence-electron chi connectivity index (χ3n) is 1.99. The van der Waals surface area contributed by atoms with Crippen LogP contribution in [0.15, 0.2) is 18.2 Å². The fourth-order valence-corrected chi connectivity index (χ4v) is 1.09. The summed E-state index contributed by atoms with van der Waals surface area (Å²) >= 11 is 0. The van der Waals surface area contributed by atoms with Crippen LogP contribution in [0.25, 0.3) is 0 Å². The predicted octanol–water partition coefficient (Wildman–Crippen LogP) is 1.26. The van der Waals surface area contributed by atoms with Crippen molar-refractivity contribution >= 4 is 11.9 Å². The van der Waals surface area contributed by atoms with Crippen molar-refractivity contribution in [2.45, 2.75) is 6.42 Å². The molecule has 0 saturated heterocycles. The van der Waals surface area contributed by atoms with Gasteiger partial charge in [-0.25, -0.2) is 13.6 Å². The Balaban J connectivity index is 2.55. The maximum Gasteiger partial charge on any atom is 0.341 e. The maximum absolute atomic E-state index is 13.1. The van der Waals surface area contributed by atoms with E-state index >= 15 is 0 Å². The van der Waals surface area contributed by atoms with Crippen molar-refractivity contribution < 1.29 is 23.1 Å². The largest absolute Gasteiger partial charge is 0.461 e. The molecule has 0 saturated carbocycles. The van der Waals surface area contributed by atoms with Crippen LogP contribution in [0.2, 0.25) is 0 Å². The molecule has 0 aliphatic carbocycles. The maximum atomic E-state index is 13.1. The van der Waals surface area contributed by atoms with Gasteiger partial charge in [0.15, 0.2) is 0 Å². The highest BCUT2D eigenvalue weighted by Crippen LogP contribution is 2.10. The number of rotatable bonds is 4. The van der Waals surface area contributed by atoms with Crippen LogP contribution in [-0.4, -0.2) is 25.5 Å². The molecule has 0 aromatic heterocycles. The van der Waals surface area contributed by atoms with Gasteiger partial charge in [0.25, 0.3) is 0 Å². The number of hydrogen-bond acceptors (Lipinski definition) is 3. The van der Waals surface area contributed by atoms with Gasteiger partial charge in [-0.2, -0.15) is 0 Å². The minimum absolute atomic E-state index is 0.00888. The Morgan fingerprint density at radius 2 is 2.06 bits per heavy atom. The Labute approximate surface area is 96.6 Å². The number of esters is 1. The van der Waals surface area contributed by atoms with Crippen LogP contribution >= 0.6 is 0 Å². The molecule has 6 heteroatoms. The van der Waals surface area contributed by atoms with Crippen LogP contribution in [0.1, 0.15) is 16.8 Å². The summed E-state index contributed by atoms with van der Waals surface area (Å²) in [6.45, 7) is -0.157. The second-order valence-electron chi connectivity index (χ2n) is 3.18. The smallest absolute Gasteiger partial charge is 0.341 e. The number of carbonyl (C=O) groups excluding carboxylic acids is 2. The third kappa shape index (κ3) is 3.82. The summed E-state index contributed by atoms with van der Waals surface area (Å²) in [6, 6.07) is 2.54. The molecule has 1 rings (SSSR count). The number of carbonyl (C=O) groups is 2. The number of amides is 1. The van der Waals surface area contributed by atoms with Gasteiger partial charge in [0.2, 0.25) is 5.91 Å². The van der Waals surface area contributed by atoms with Crippen LogP contribution in [-0.2, 0) is 9.53 Å². The topological polar surface area (TPSA) is 55.4 Å². The fraction of sp³-hybridized carbons (Fsp3) is 0.273. The van der Waals surface area contributed by atoms with E-state index in [1.165, 1.54) is 7.05 Å². The van der Waals surface area contributed by atoms with Crippen molar-refractivity contribution in [3.8, 4) is 0 Å². The SMILES string of the molecule is CNC(=O)CCOC(=O)c1ccc(F)cc1F. The summed E-state index contributed by atoms with van der Waals surface area (Å²) in [5.74, 6) is -2.98. The second kappa shape index (κ2) is 5.93. The van der Waals surface area contributed by atoms with Crippen LogP contribution in [0, 0.1) is 11.6 Å². The number of benzene rings is 1. The molecule has 1 N–H and O–H groups in total. The average molecular weight is 243 g/mol. The Kier molecular flexibility index (Phi) is 4.56. The van der Waals surface area contributed by atoms with E-state index in [1.54, 1.807) is 0 Å². The monoisotopic (exact) mass is 243 g/mol. The lowest BCUT2D eigenvalue weighted by Crippen LogP contribution is -2.20. The van der Waals surface area contributed by atoms with E-state index in [0.717, 1.165) is 12.1 Å². The lowest BCUT2D eigenvalue weighted by atomic mass is 10.2. The third-order valence-corrected chi connectivity index (χ3v) is 1.99. The number of hydrogen-bond donors (Lipinski definition) is 1. The summed E-state index contributed by atoms with van der Waals surface area (Å²) in [7, 11) is 1.45. The van der Waals surface area contributed by atoms with Crippen molar-refractivity contribution in [3.05, 3.63) is 35.4 Å². The molecule has 0 bridgehead atoms. The Morgan fingerprint density at radius 3 is 2.65 bits per heavy atom. The fourth-order valence-electron chi connectivity index (χ4n) is 1.09. The predicted molar refractivity (Wildman–Crippen MR) is 55.3 cm³/mol. The van der Waals surface area contributed by atoms with Crippen LogP contribution in [0.4, 0.5) is 8.78 Å². The summed E-state index contributed by atoms with van der Waals surface area (Å²) in [5, 5.41) is 2.34. The molecule has 0 fully saturated rings. The van der Waals surface area contributed by atoms with Gasteiger partial charge < -0.3 is 10.1 Å². The highest BCUT2D eigenvalue weighted by Gasteiger charge is 2.14. The van der Waals surface area contributed by atoms with Gasteiger partial charge in [-0.3, -0.25) is 4.79 Å². The Morgan fingerprint density at radius 1 is 1.35 bits per heavy atom. The number of ether oxygens (including phenoxy) is 1. The summed E-state index contributed by atoms with van der Waals surface area (Å²) in [5.41, 5.74) is -0.358. The normalized spacial score (nSPS) is 9.82. The van der Waals surface area contributed by atoms with Gasteiger partial charge in [0.05, 0.1) is 12.0 Å². The van der Waals surface area contributed by atoms with Gasteiger partial charge in [0.1, 0.15) is 18.2 Å². The zero-order valence-electron chi connectivity index (χ0n) is 9.13. The number of halogens is 2. The first-order chi connectivity index (χ1) is 8.04. The molecule has 92 valence electrons. The average Bonchev–Trinajstić information content (AvgIpc) is 2.28. The van der Waals surface area contributed by atoms with Crippen LogP contribution in [0.3, 0.4) is 0 Å². The molecule has 0 aliphatic heterocycles. The summed E-state index contributed by atoms with van der Waals surface area (Å²) < 4.78 is 30.4. The van der Waals surface area contributed by atoms with Crippen LogP contribution in [0.5, 0.6) is 0 Å². The van der Waals surface area contributed by atoms with E-state index in [1.807, 2.05) is 0 Å². The molecule has 0 heterocycles. The highest BCUT2D eigenvalue weighted by atomic mass is 19.1. The molecule has 1 amide bonds. The molecule has 17 heavy (non-hydrogen) atoms. The van der Waals surface area contributed by atoms with Crippen molar-refractivity contribution in [3.63, 3.8) is 0 Å². The first-order valence-corrected chi connectivity index (χ1v) is 4.87. The zero-order valence-corrected chi connectivity index (χ0v) is 9.13. The second-order valence-corrected chi connectivity index (χ2v) is 3.18. The summed E-state index contributed by atoms with van der Waals surface area (Å²) in [4.78, 5) is 22.1. The standard InChI is InChI=1S/C11H11F2NO3/c1-14-10(15)4-5-17-11(16)8-3-2-7(12)6-9(8)13/h2-3,6H,4-5H2,1H3,(H,14,15). The van der Waals surface area contributed by atoms with Crippen molar-refractivity contribution in [2.75, 3.05) is 13.7 Å². The highest BCUT2D eigenvalue weighted by molar-refractivity contribution is 5.89. The van der Waals surface area contributed by atoms with E-state index in [0.29, 0.717) is 6.07 Å². The van der Waals surface area contributed by atoms with Gasteiger partial charge in [-0.1, -0.05) is 0 Å². The Hall–Kier alpha value is -1.98. The van der Waals surface area contributed by atoms with Gasteiger partial charge >= 0.3 is 5.97 Å². The van der Waals surface area contributed by atoms with Gasteiger partial charge in [-0.05, 0) is 12.1 Å². The molecule has 0 aliphatic rings. The van der Waals surface area contributed by atoms with Crippen LogP contribution < -0.4 is 5.32 Å². The molecule has 1 aromatic carbocycles. The molecule has 0 spiro atoms. The van der Waals surface area contributed by atoms with Gasteiger partial charge in [-0.15, -0.1) is 0 Å². The van der Waals surface area contributed by atoms with E-state index in [4.69, 9.17) is 0 Å². The first kappa shape index (κ1) is 13.1. The minimum atomic E-state index is -0.991. The molecule has 0 unspecified atom stereocenters. The van der Waals surface area contributed by atoms with Gasteiger partial charge in [0, 0.05) is 13.1 Å². The first-order valence-electron chi connectivity index (χ1n) is 4.87. The molecule has 0 atom stereocenters. The number of nitrogens with one attached hydrogen (secondary N) is 1. The molecular formula is C11H11F2NO3. The minimum Gasteiger partial charge on any atom is -0.461 e. The van der Waals surface area contributed by atoms with Crippen molar-refractivity contribution in [2.24, 2.45) is 0 Å². The summed E-state index contributed by atoms with van der Waals surface area (Å²) in [6.07, 6.45) is -0.00888. The molecular weight excluding hydrogens is 232 g/mol. The quantitative estimate of drug-likeness (QED) is 0.810. The van der Waals surface area contributed by atoms with Crippen molar-refractivity contribution in [1.29, 1.82) is 0 Å². The Bertz CT molecular complexity index is 435. The van der Waals surface area contributed by atoms with E-state index in [-0.39, 0.29) is 24.5 Å². The van der Waals surface area contributed by atoms with E-state index in [9.17, 15) is 18.4 Å².